The van der Waals surface area contributed by atoms with Crippen LogP contribution < -0.4 is 10.9 Å². The molecule has 0 atom stereocenters. The van der Waals surface area contributed by atoms with Gasteiger partial charge < -0.3 is 5.32 Å². The van der Waals surface area contributed by atoms with Gasteiger partial charge in [0, 0.05) is 6.54 Å². The second-order valence-corrected chi connectivity index (χ2v) is 7.14. The molecule has 0 aliphatic rings. The van der Waals surface area contributed by atoms with E-state index in [4.69, 9.17) is 0 Å². The number of aryl methyl sites for hydroxylation is 1. The van der Waals surface area contributed by atoms with Gasteiger partial charge in [-0.25, -0.2) is 4.98 Å². The van der Waals surface area contributed by atoms with Crippen molar-refractivity contribution >= 4 is 16.8 Å². The van der Waals surface area contributed by atoms with Crippen LogP contribution in [0.4, 0.5) is 0 Å². The third-order valence-corrected chi connectivity index (χ3v) is 4.75. The largest absolute Gasteiger partial charge is 0.354 e. The van der Waals surface area contributed by atoms with E-state index in [1.54, 1.807) is 6.07 Å². The number of carbonyl (C=O) groups excluding carboxylic acids is 1. The molecule has 0 aliphatic carbocycles. The molecule has 1 heterocycles. The molecule has 5 heteroatoms. The van der Waals surface area contributed by atoms with Crippen molar-refractivity contribution in [2.24, 2.45) is 0 Å². The third kappa shape index (κ3) is 4.42. The number of para-hydroxylation sites is 1. The lowest BCUT2D eigenvalue weighted by molar-refractivity contribution is -0.121. The standard InChI is InChI=1S/C22H25N3O2/c1-15(2)18-9-7-17(8-10-18)11-12-23-20(26)13-25-14-24-21-16(3)5-4-6-19(21)22(25)27/h4-10,14-15H,11-13H2,1-3H3,(H,23,26). The molecule has 1 aromatic heterocycles. The number of nitrogens with one attached hydrogen (secondary N) is 1. The molecule has 0 radical (unpaired) electrons. The summed E-state index contributed by atoms with van der Waals surface area (Å²) in [6.45, 7) is 6.76. The summed E-state index contributed by atoms with van der Waals surface area (Å²) in [6, 6.07) is 13.9. The Morgan fingerprint density at radius 3 is 2.59 bits per heavy atom. The summed E-state index contributed by atoms with van der Waals surface area (Å²) in [4.78, 5) is 29.1. The summed E-state index contributed by atoms with van der Waals surface area (Å²) >= 11 is 0. The topological polar surface area (TPSA) is 64.0 Å². The maximum absolute atomic E-state index is 12.5. The Morgan fingerprint density at radius 1 is 1.15 bits per heavy atom. The van der Waals surface area contributed by atoms with E-state index in [1.807, 2.05) is 19.1 Å². The van der Waals surface area contributed by atoms with Gasteiger partial charge >= 0.3 is 0 Å². The number of rotatable bonds is 6. The number of benzene rings is 2. The second-order valence-electron chi connectivity index (χ2n) is 7.14. The average molecular weight is 363 g/mol. The molecule has 0 unspecified atom stereocenters. The van der Waals surface area contributed by atoms with Crippen LogP contribution in [0.3, 0.4) is 0 Å². The Morgan fingerprint density at radius 2 is 1.89 bits per heavy atom. The first-order valence-electron chi connectivity index (χ1n) is 9.26. The number of hydrogen-bond donors (Lipinski definition) is 1. The van der Waals surface area contributed by atoms with Gasteiger partial charge in [0.25, 0.3) is 5.56 Å². The maximum atomic E-state index is 12.5. The van der Waals surface area contributed by atoms with Crippen molar-refractivity contribution in [2.75, 3.05) is 6.54 Å². The zero-order valence-electron chi connectivity index (χ0n) is 16.0. The second kappa shape index (κ2) is 8.16. The molecule has 3 rings (SSSR count). The van der Waals surface area contributed by atoms with Crippen molar-refractivity contribution in [3.63, 3.8) is 0 Å². The Labute approximate surface area is 159 Å². The summed E-state index contributed by atoms with van der Waals surface area (Å²) in [5.41, 5.74) is 3.93. The molecule has 3 aromatic rings. The average Bonchev–Trinajstić information content (AvgIpc) is 2.65. The van der Waals surface area contributed by atoms with Crippen molar-refractivity contribution in [1.29, 1.82) is 0 Å². The monoisotopic (exact) mass is 363 g/mol. The van der Waals surface area contributed by atoms with E-state index in [-0.39, 0.29) is 18.0 Å². The normalized spacial score (nSPS) is 11.1. The molecule has 5 nitrogen and oxygen atoms in total. The highest BCUT2D eigenvalue weighted by Crippen LogP contribution is 2.14. The summed E-state index contributed by atoms with van der Waals surface area (Å²) in [5.74, 6) is 0.320. The van der Waals surface area contributed by atoms with E-state index in [9.17, 15) is 9.59 Å². The van der Waals surface area contributed by atoms with E-state index < -0.39 is 0 Å². The van der Waals surface area contributed by atoms with Crippen LogP contribution in [0.1, 0.15) is 36.5 Å². The highest BCUT2D eigenvalue weighted by Gasteiger charge is 2.09. The van der Waals surface area contributed by atoms with Gasteiger partial charge in [0.05, 0.1) is 17.2 Å². The van der Waals surface area contributed by atoms with E-state index in [0.717, 1.165) is 12.0 Å². The quantitative estimate of drug-likeness (QED) is 0.731. The van der Waals surface area contributed by atoms with Gasteiger partial charge in [-0.2, -0.15) is 0 Å². The molecule has 0 aliphatic heterocycles. The van der Waals surface area contributed by atoms with Crippen LogP contribution in [-0.2, 0) is 17.8 Å². The maximum Gasteiger partial charge on any atom is 0.261 e. The molecule has 140 valence electrons. The molecular formula is C22H25N3O2. The van der Waals surface area contributed by atoms with Crippen LogP contribution in [0.25, 0.3) is 10.9 Å². The summed E-state index contributed by atoms with van der Waals surface area (Å²) in [6.07, 6.45) is 2.20. The fourth-order valence-electron chi connectivity index (χ4n) is 3.08. The highest BCUT2D eigenvalue weighted by molar-refractivity contribution is 5.81. The molecule has 1 N–H and O–H groups in total. The van der Waals surface area contributed by atoms with Gasteiger partial charge in [-0.15, -0.1) is 0 Å². The van der Waals surface area contributed by atoms with Gasteiger partial charge in [0.1, 0.15) is 6.54 Å². The minimum Gasteiger partial charge on any atom is -0.354 e. The van der Waals surface area contributed by atoms with Crippen LogP contribution in [0.5, 0.6) is 0 Å². The predicted octanol–water partition coefficient (Wildman–Crippen LogP) is 3.19. The fraction of sp³-hybridized carbons (Fsp3) is 0.318. The lowest BCUT2D eigenvalue weighted by atomic mass is 10.0. The van der Waals surface area contributed by atoms with E-state index in [1.165, 1.54) is 22.0 Å². The molecule has 1 amide bonds. The molecule has 0 saturated carbocycles. The third-order valence-electron chi connectivity index (χ3n) is 4.75. The SMILES string of the molecule is Cc1cccc2c(=O)n(CC(=O)NCCc3ccc(C(C)C)cc3)cnc12. The summed E-state index contributed by atoms with van der Waals surface area (Å²) < 4.78 is 1.36. The number of carbonyl (C=O) groups is 1. The van der Waals surface area contributed by atoms with Crippen LogP contribution >= 0.6 is 0 Å². The van der Waals surface area contributed by atoms with Crippen LogP contribution in [0.2, 0.25) is 0 Å². The fourth-order valence-corrected chi connectivity index (χ4v) is 3.08. The van der Waals surface area contributed by atoms with Crippen LogP contribution in [-0.4, -0.2) is 22.0 Å². The Bertz CT molecular complexity index is 1000. The summed E-state index contributed by atoms with van der Waals surface area (Å²) in [7, 11) is 0. The molecule has 2 aromatic carbocycles. The number of aromatic nitrogens is 2. The molecule has 27 heavy (non-hydrogen) atoms. The molecular weight excluding hydrogens is 338 g/mol. The van der Waals surface area contributed by atoms with E-state index in [0.29, 0.717) is 23.4 Å². The Balaban J connectivity index is 1.59. The summed E-state index contributed by atoms with van der Waals surface area (Å²) in [5, 5.41) is 3.41. The van der Waals surface area contributed by atoms with Crippen molar-refractivity contribution in [1.82, 2.24) is 14.9 Å². The minimum atomic E-state index is -0.192. The first-order valence-corrected chi connectivity index (χ1v) is 9.26. The van der Waals surface area contributed by atoms with Crippen molar-refractivity contribution in [2.45, 2.75) is 39.7 Å². The van der Waals surface area contributed by atoms with Crippen LogP contribution in [0, 0.1) is 6.92 Å². The number of fused-ring (bicyclic) bond motifs is 1. The van der Waals surface area contributed by atoms with Gasteiger partial charge in [0.15, 0.2) is 0 Å². The zero-order chi connectivity index (χ0) is 19.4. The van der Waals surface area contributed by atoms with E-state index >= 15 is 0 Å². The van der Waals surface area contributed by atoms with Crippen molar-refractivity contribution in [3.05, 3.63) is 75.8 Å². The number of hydrogen-bond acceptors (Lipinski definition) is 3. The minimum absolute atomic E-state index is 0.0258. The van der Waals surface area contributed by atoms with Gasteiger partial charge in [-0.05, 0) is 42.0 Å². The smallest absolute Gasteiger partial charge is 0.261 e. The lowest BCUT2D eigenvalue weighted by Gasteiger charge is -2.10. The van der Waals surface area contributed by atoms with Gasteiger partial charge in [-0.1, -0.05) is 50.2 Å². The van der Waals surface area contributed by atoms with Crippen LogP contribution in [0.15, 0.2) is 53.6 Å². The Kier molecular flexibility index (Phi) is 5.69. The van der Waals surface area contributed by atoms with Gasteiger partial charge in [0.2, 0.25) is 5.91 Å². The molecule has 0 fully saturated rings. The highest BCUT2D eigenvalue weighted by atomic mass is 16.2. The lowest BCUT2D eigenvalue weighted by Crippen LogP contribution is -2.33. The number of nitrogens with zero attached hydrogens (tertiary/aromatic N) is 2. The predicted molar refractivity (Wildman–Crippen MR) is 108 cm³/mol. The van der Waals surface area contributed by atoms with E-state index in [2.05, 4.69) is 48.4 Å². The molecule has 0 bridgehead atoms. The number of amides is 1. The van der Waals surface area contributed by atoms with Gasteiger partial charge in [-0.3, -0.25) is 14.2 Å². The van der Waals surface area contributed by atoms with Crippen molar-refractivity contribution in [3.8, 4) is 0 Å². The first kappa shape index (κ1) is 18.8. The van der Waals surface area contributed by atoms with Crippen molar-refractivity contribution < 1.29 is 4.79 Å². The molecule has 0 spiro atoms. The zero-order valence-corrected chi connectivity index (χ0v) is 16.0. The first-order chi connectivity index (χ1) is 13.0. The molecule has 0 saturated heterocycles. The Hall–Kier alpha value is -2.95.